The van der Waals surface area contributed by atoms with Crippen molar-refractivity contribution in [2.75, 3.05) is 19.8 Å². The van der Waals surface area contributed by atoms with E-state index in [1.165, 1.54) is 18.2 Å². The molecule has 0 bridgehead atoms. The van der Waals surface area contributed by atoms with Crippen LogP contribution < -0.4 is 10.5 Å². The minimum atomic E-state index is -4.37. The largest absolute Gasteiger partial charge is 0.487 e. The molecule has 0 spiro atoms. The quantitative estimate of drug-likeness (QED) is 0.452. The number of nitro groups is 1. The standard InChI is InChI=1S/C12H15F3N2O4/c13-12(14,15)8-20-4-1-5-21-11-6-9(7-16)2-3-10(11)17(18)19/h2-3,6H,1,4-5,7-8,16H2. The van der Waals surface area contributed by atoms with Crippen LogP contribution in [0.3, 0.4) is 0 Å². The van der Waals surface area contributed by atoms with Crippen LogP contribution in [0.5, 0.6) is 5.75 Å². The Kier molecular flexibility index (Phi) is 6.38. The van der Waals surface area contributed by atoms with Gasteiger partial charge in [-0.05, 0) is 11.6 Å². The fourth-order valence-corrected chi connectivity index (χ4v) is 1.48. The van der Waals surface area contributed by atoms with Crippen LogP contribution in [0.2, 0.25) is 0 Å². The SMILES string of the molecule is NCc1ccc([N+](=O)[O-])c(OCCCOCC(F)(F)F)c1. The van der Waals surface area contributed by atoms with Gasteiger partial charge in [0.1, 0.15) is 6.61 Å². The summed E-state index contributed by atoms with van der Waals surface area (Å²) >= 11 is 0. The van der Waals surface area contributed by atoms with Crippen LogP contribution in [0.15, 0.2) is 18.2 Å². The summed E-state index contributed by atoms with van der Waals surface area (Å²) in [4.78, 5) is 10.2. The van der Waals surface area contributed by atoms with Gasteiger partial charge in [0.15, 0.2) is 5.75 Å². The molecule has 1 rings (SSSR count). The molecule has 9 heteroatoms. The van der Waals surface area contributed by atoms with E-state index in [0.29, 0.717) is 5.56 Å². The van der Waals surface area contributed by atoms with Crippen LogP contribution in [0.1, 0.15) is 12.0 Å². The molecule has 0 saturated carbocycles. The number of nitrogens with zero attached hydrogens (tertiary/aromatic N) is 1. The minimum Gasteiger partial charge on any atom is -0.487 e. The maximum atomic E-state index is 11.8. The fraction of sp³-hybridized carbons (Fsp3) is 0.500. The molecular weight excluding hydrogens is 293 g/mol. The van der Waals surface area contributed by atoms with Gasteiger partial charge < -0.3 is 15.2 Å². The molecule has 0 atom stereocenters. The van der Waals surface area contributed by atoms with Crippen molar-refractivity contribution in [3.63, 3.8) is 0 Å². The molecule has 1 aromatic rings. The van der Waals surface area contributed by atoms with Crippen molar-refractivity contribution in [2.24, 2.45) is 5.73 Å². The predicted molar refractivity (Wildman–Crippen MR) is 68.0 cm³/mol. The third-order valence-electron chi connectivity index (χ3n) is 2.41. The third-order valence-corrected chi connectivity index (χ3v) is 2.41. The average Bonchev–Trinajstić information content (AvgIpc) is 2.41. The Morgan fingerprint density at radius 3 is 2.57 bits per heavy atom. The van der Waals surface area contributed by atoms with Crippen LogP contribution in [-0.4, -0.2) is 30.9 Å². The summed E-state index contributed by atoms with van der Waals surface area (Å²) in [5, 5.41) is 10.8. The van der Waals surface area contributed by atoms with Crippen molar-refractivity contribution in [2.45, 2.75) is 19.1 Å². The summed E-state index contributed by atoms with van der Waals surface area (Å²) in [7, 11) is 0. The van der Waals surface area contributed by atoms with Gasteiger partial charge in [0.25, 0.3) is 0 Å². The Balaban J connectivity index is 2.45. The van der Waals surface area contributed by atoms with E-state index in [2.05, 4.69) is 4.74 Å². The molecule has 6 nitrogen and oxygen atoms in total. The van der Waals surface area contributed by atoms with Crippen molar-refractivity contribution >= 4 is 5.69 Å². The van der Waals surface area contributed by atoms with Crippen LogP contribution >= 0.6 is 0 Å². The lowest BCUT2D eigenvalue weighted by molar-refractivity contribution is -0.385. The predicted octanol–water partition coefficient (Wildman–Crippen LogP) is 2.40. The summed E-state index contributed by atoms with van der Waals surface area (Å²) in [6.07, 6.45) is -4.19. The zero-order chi connectivity index (χ0) is 15.9. The first-order valence-corrected chi connectivity index (χ1v) is 6.08. The Morgan fingerprint density at radius 1 is 1.29 bits per heavy atom. The molecule has 0 heterocycles. The highest BCUT2D eigenvalue weighted by Crippen LogP contribution is 2.28. The van der Waals surface area contributed by atoms with Crippen LogP contribution in [0.25, 0.3) is 0 Å². The van der Waals surface area contributed by atoms with Gasteiger partial charge in [0.2, 0.25) is 0 Å². The number of rotatable bonds is 8. The van der Waals surface area contributed by atoms with Crippen molar-refractivity contribution in [1.82, 2.24) is 0 Å². The van der Waals surface area contributed by atoms with E-state index < -0.39 is 17.7 Å². The van der Waals surface area contributed by atoms with Crippen molar-refractivity contribution in [3.8, 4) is 5.75 Å². The second-order valence-electron chi connectivity index (χ2n) is 4.13. The first-order chi connectivity index (χ1) is 9.83. The van der Waals surface area contributed by atoms with Gasteiger partial charge in [-0.15, -0.1) is 0 Å². The summed E-state index contributed by atoms with van der Waals surface area (Å²) in [6, 6.07) is 4.23. The van der Waals surface area contributed by atoms with Gasteiger partial charge in [0, 0.05) is 19.0 Å². The number of ether oxygens (including phenoxy) is 2. The Labute approximate surface area is 118 Å². The van der Waals surface area contributed by atoms with E-state index in [0.717, 1.165) is 0 Å². The smallest absolute Gasteiger partial charge is 0.411 e. The lowest BCUT2D eigenvalue weighted by Gasteiger charge is -2.09. The van der Waals surface area contributed by atoms with Crippen LogP contribution in [0.4, 0.5) is 18.9 Å². The Hall–Kier alpha value is -1.87. The molecule has 1 aromatic carbocycles. The van der Waals surface area contributed by atoms with E-state index >= 15 is 0 Å². The number of nitro benzene ring substituents is 1. The van der Waals surface area contributed by atoms with E-state index in [1.54, 1.807) is 0 Å². The molecule has 0 aliphatic rings. The highest BCUT2D eigenvalue weighted by molar-refractivity contribution is 5.48. The molecule has 0 aliphatic carbocycles. The lowest BCUT2D eigenvalue weighted by Crippen LogP contribution is -2.18. The molecule has 0 aliphatic heterocycles. The molecule has 118 valence electrons. The molecule has 0 fully saturated rings. The zero-order valence-electron chi connectivity index (χ0n) is 11.1. The number of hydrogen-bond acceptors (Lipinski definition) is 5. The highest BCUT2D eigenvalue weighted by Gasteiger charge is 2.27. The normalized spacial score (nSPS) is 11.4. The molecule has 0 amide bonds. The van der Waals surface area contributed by atoms with E-state index in [1.807, 2.05) is 0 Å². The zero-order valence-corrected chi connectivity index (χ0v) is 11.1. The average molecular weight is 308 g/mol. The Morgan fingerprint density at radius 2 is 2.00 bits per heavy atom. The molecule has 0 aromatic heterocycles. The summed E-state index contributed by atoms with van der Waals surface area (Å²) in [5.41, 5.74) is 5.87. The van der Waals surface area contributed by atoms with Gasteiger partial charge in [-0.25, -0.2) is 0 Å². The number of halogens is 3. The summed E-state index contributed by atoms with van der Waals surface area (Å²) < 4.78 is 45.1. The topological polar surface area (TPSA) is 87.6 Å². The summed E-state index contributed by atoms with van der Waals surface area (Å²) in [5.74, 6) is 0.0405. The van der Waals surface area contributed by atoms with Gasteiger partial charge >= 0.3 is 11.9 Å². The van der Waals surface area contributed by atoms with Gasteiger partial charge in [0.05, 0.1) is 18.1 Å². The van der Waals surface area contributed by atoms with Crippen molar-refractivity contribution in [3.05, 3.63) is 33.9 Å². The molecule has 0 unspecified atom stereocenters. The van der Waals surface area contributed by atoms with Crippen molar-refractivity contribution < 1.29 is 27.6 Å². The number of benzene rings is 1. The van der Waals surface area contributed by atoms with Gasteiger partial charge in [-0.1, -0.05) is 6.07 Å². The maximum absolute atomic E-state index is 11.8. The molecule has 0 saturated heterocycles. The first kappa shape index (κ1) is 17.2. The van der Waals surface area contributed by atoms with Crippen LogP contribution in [0, 0.1) is 10.1 Å². The fourth-order valence-electron chi connectivity index (χ4n) is 1.48. The monoisotopic (exact) mass is 308 g/mol. The van der Waals surface area contributed by atoms with Crippen molar-refractivity contribution in [1.29, 1.82) is 0 Å². The molecule has 0 radical (unpaired) electrons. The molecule has 21 heavy (non-hydrogen) atoms. The van der Waals surface area contributed by atoms with Crippen LogP contribution in [-0.2, 0) is 11.3 Å². The van der Waals surface area contributed by atoms with E-state index in [9.17, 15) is 23.3 Å². The highest BCUT2D eigenvalue weighted by atomic mass is 19.4. The third kappa shape index (κ3) is 6.41. The molecular formula is C12H15F3N2O4. The van der Waals surface area contributed by atoms with Gasteiger partial charge in [-0.2, -0.15) is 13.2 Å². The first-order valence-electron chi connectivity index (χ1n) is 6.08. The number of alkyl halides is 3. The maximum Gasteiger partial charge on any atom is 0.411 e. The second-order valence-corrected chi connectivity index (χ2v) is 4.13. The minimum absolute atomic E-state index is 0.00667. The lowest BCUT2D eigenvalue weighted by atomic mass is 10.2. The van der Waals surface area contributed by atoms with E-state index in [4.69, 9.17) is 10.5 Å². The van der Waals surface area contributed by atoms with Gasteiger partial charge in [-0.3, -0.25) is 10.1 Å². The number of hydrogen-bond donors (Lipinski definition) is 1. The summed E-state index contributed by atoms with van der Waals surface area (Å²) in [6.45, 7) is -1.27. The van der Waals surface area contributed by atoms with E-state index in [-0.39, 0.29) is 37.6 Å². The molecule has 2 N–H and O–H groups in total. The Bertz CT molecular complexity index is 480. The second kappa shape index (κ2) is 7.79. The number of nitrogens with two attached hydrogens (primary N) is 1.